The van der Waals surface area contributed by atoms with Gasteiger partial charge in [-0.25, -0.2) is 4.79 Å². The van der Waals surface area contributed by atoms with Gasteiger partial charge in [-0.15, -0.1) is 10.2 Å². The summed E-state index contributed by atoms with van der Waals surface area (Å²) in [5.74, 6) is 0. The van der Waals surface area contributed by atoms with Gasteiger partial charge in [-0.05, 0) is 12.8 Å². The van der Waals surface area contributed by atoms with Crippen LogP contribution in [0.15, 0.2) is 0 Å². The first-order valence-electron chi connectivity index (χ1n) is 5.70. The summed E-state index contributed by atoms with van der Waals surface area (Å²) in [4.78, 5) is 13.4. The molecule has 1 heterocycles. The van der Waals surface area contributed by atoms with Gasteiger partial charge < -0.3 is 10.0 Å². The van der Waals surface area contributed by atoms with Crippen molar-refractivity contribution < 1.29 is 9.90 Å². The zero-order valence-electron chi connectivity index (χ0n) is 10.1. The van der Waals surface area contributed by atoms with E-state index in [-0.39, 0.29) is 12.6 Å². The lowest BCUT2D eigenvalue weighted by Gasteiger charge is -2.20. The monoisotopic (exact) mass is 258 g/mol. The number of carbonyl (C=O) groups excluding carboxylic acids is 1. The molecule has 0 aliphatic rings. The van der Waals surface area contributed by atoms with E-state index >= 15 is 0 Å². The average Bonchev–Trinajstić information content (AvgIpc) is 2.76. The molecule has 1 aromatic heterocycles. The van der Waals surface area contributed by atoms with Crippen molar-refractivity contribution in [2.75, 3.05) is 25.0 Å². The summed E-state index contributed by atoms with van der Waals surface area (Å²) in [5.41, 5.74) is 0. The van der Waals surface area contributed by atoms with Crippen LogP contribution in [0.5, 0.6) is 0 Å². The number of amides is 2. The Balaban J connectivity index is 2.56. The van der Waals surface area contributed by atoms with Gasteiger partial charge >= 0.3 is 6.03 Å². The van der Waals surface area contributed by atoms with Crippen molar-refractivity contribution in [1.29, 1.82) is 0 Å². The molecule has 6 nitrogen and oxygen atoms in total. The Hall–Kier alpha value is -1.21. The van der Waals surface area contributed by atoms with Gasteiger partial charge in [0.25, 0.3) is 0 Å². The second-order valence-corrected chi connectivity index (χ2v) is 4.56. The number of aliphatic hydroxyl groups is 1. The molecule has 96 valence electrons. The standard InChI is InChI=1S/C10H18N4O2S/c1-3-5-14(6-7-15)10(16)11-9-13-12-8(4-2)17-9/h15H,3-7H2,1-2H3,(H,11,13,16). The molecule has 0 aliphatic carbocycles. The van der Waals surface area contributed by atoms with Crippen LogP contribution in [-0.2, 0) is 6.42 Å². The summed E-state index contributed by atoms with van der Waals surface area (Å²) in [6, 6.07) is -0.236. The SMILES string of the molecule is CCCN(CCO)C(=O)Nc1nnc(CC)s1. The van der Waals surface area contributed by atoms with Crippen LogP contribution in [0.1, 0.15) is 25.3 Å². The first-order valence-corrected chi connectivity index (χ1v) is 6.52. The molecule has 0 unspecified atom stereocenters. The molecular weight excluding hydrogens is 240 g/mol. The Morgan fingerprint density at radius 3 is 2.71 bits per heavy atom. The summed E-state index contributed by atoms with van der Waals surface area (Å²) in [6.07, 6.45) is 1.66. The average molecular weight is 258 g/mol. The lowest BCUT2D eigenvalue weighted by molar-refractivity contribution is 0.188. The van der Waals surface area contributed by atoms with Gasteiger partial charge in [-0.3, -0.25) is 5.32 Å². The summed E-state index contributed by atoms with van der Waals surface area (Å²) >= 11 is 1.37. The van der Waals surface area contributed by atoms with E-state index in [1.807, 2.05) is 13.8 Å². The van der Waals surface area contributed by atoms with Gasteiger partial charge in [-0.1, -0.05) is 25.2 Å². The molecule has 0 spiro atoms. The Morgan fingerprint density at radius 2 is 2.18 bits per heavy atom. The highest BCUT2D eigenvalue weighted by molar-refractivity contribution is 7.15. The van der Waals surface area contributed by atoms with Crippen molar-refractivity contribution in [1.82, 2.24) is 15.1 Å². The zero-order valence-corrected chi connectivity index (χ0v) is 11.0. The fraction of sp³-hybridized carbons (Fsp3) is 0.700. The maximum absolute atomic E-state index is 11.8. The fourth-order valence-corrected chi connectivity index (χ4v) is 1.99. The molecule has 2 amide bonds. The summed E-state index contributed by atoms with van der Waals surface area (Å²) in [6.45, 7) is 4.88. The largest absolute Gasteiger partial charge is 0.395 e. The van der Waals surface area contributed by atoms with Gasteiger partial charge in [0.1, 0.15) is 5.01 Å². The van der Waals surface area contributed by atoms with Crippen LogP contribution in [-0.4, -0.2) is 45.9 Å². The fourth-order valence-electron chi connectivity index (χ4n) is 1.32. The van der Waals surface area contributed by atoms with Crippen LogP contribution < -0.4 is 5.32 Å². The third-order valence-electron chi connectivity index (χ3n) is 2.13. The number of hydrogen-bond donors (Lipinski definition) is 2. The topological polar surface area (TPSA) is 78.4 Å². The van der Waals surface area contributed by atoms with E-state index in [0.717, 1.165) is 17.8 Å². The Kier molecular flexibility index (Phi) is 5.85. The van der Waals surface area contributed by atoms with E-state index in [9.17, 15) is 4.79 Å². The molecule has 0 fully saturated rings. The van der Waals surface area contributed by atoms with Crippen LogP contribution in [0.4, 0.5) is 9.93 Å². The molecule has 0 aliphatic heterocycles. The van der Waals surface area contributed by atoms with Crippen molar-refractivity contribution in [3.63, 3.8) is 0 Å². The third-order valence-corrected chi connectivity index (χ3v) is 3.12. The highest BCUT2D eigenvalue weighted by Crippen LogP contribution is 2.15. The van der Waals surface area contributed by atoms with Gasteiger partial charge in [0.2, 0.25) is 5.13 Å². The molecule has 1 rings (SSSR count). The quantitative estimate of drug-likeness (QED) is 0.807. The first-order chi connectivity index (χ1) is 8.21. The van der Waals surface area contributed by atoms with Gasteiger partial charge in [-0.2, -0.15) is 0 Å². The van der Waals surface area contributed by atoms with Gasteiger partial charge in [0, 0.05) is 13.1 Å². The summed E-state index contributed by atoms with van der Waals surface area (Å²) in [5, 5.41) is 20.8. The minimum atomic E-state index is -0.236. The summed E-state index contributed by atoms with van der Waals surface area (Å²) in [7, 11) is 0. The molecule has 2 N–H and O–H groups in total. The Labute approximate surface area is 105 Å². The van der Waals surface area contributed by atoms with E-state index in [1.165, 1.54) is 11.3 Å². The molecule has 1 aromatic rings. The van der Waals surface area contributed by atoms with Gasteiger partial charge in [0.05, 0.1) is 6.61 Å². The highest BCUT2D eigenvalue weighted by Gasteiger charge is 2.14. The predicted octanol–water partition coefficient (Wildman–Crippen LogP) is 1.34. The highest BCUT2D eigenvalue weighted by atomic mass is 32.1. The molecule has 0 saturated heterocycles. The molecule has 17 heavy (non-hydrogen) atoms. The number of nitrogens with one attached hydrogen (secondary N) is 1. The first kappa shape index (κ1) is 13.9. The van der Waals surface area contributed by atoms with E-state index < -0.39 is 0 Å². The number of carbonyl (C=O) groups is 1. The number of rotatable bonds is 6. The molecule has 0 aromatic carbocycles. The van der Waals surface area contributed by atoms with Crippen molar-refractivity contribution >= 4 is 22.5 Å². The minimum absolute atomic E-state index is 0.0379. The number of aromatic nitrogens is 2. The van der Waals surface area contributed by atoms with E-state index in [2.05, 4.69) is 15.5 Å². The smallest absolute Gasteiger partial charge is 0.323 e. The minimum Gasteiger partial charge on any atom is -0.395 e. The number of nitrogens with zero attached hydrogens (tertiary/aromatic N) is 3. The van der Waals surface area contributed by atoms with Gasteiger partial charge in [0.15, 0.2) is 0 Å². The van der Waals surface area contributed by atoms with E-state index in [0.29, 0.717) is 18.2 Å². The second-order valence-electron chi connectivity index (χ2n) is 3.50. The maximum atomic E-state index is 11.8. The molecule has 0 saturated carbocycles. The van der Waals surface area contributed by atoms with Crippen molar-refractivity contribution in [3.05, 3.63) is 5.01 Å². The lowest BCUT2D eigenvalue weighted by atomic mass is 10.4. The summed E-state index contributed by atoms with van der Waals surface area (Å²) < 4.78 is 0. The molecule has 0 bridgehead atoms. The van der Waals surface area contributed by atoms with Crippen LogP contribution in [0.3, 0.4) is 0 Å². The van der Waals surface area contributed by atoms with Crippen LogP contribution in [0, 0.1) is 0 Å². The second kappa shape index (κ2) is 7.18. The van der Waals surface area contributed by atoms with Crippen molar-refractivity contribution in [2.45, 2.75) is 26.7 Å². The lowest BCUT2D eigenvalue weighted by Crippen LogP contribution is -2.37. The zero-order chi connectivity index (χ0) is 12.7. The predicted molar refractivity (Wildman–Crippen MR) is 67.3 cm³/mol. The molecule has 7 heteroatoms. The van der Waals surface area contributed by atoms with E-state index in [4.69, 9.17) is 5.11 Å². The van der Waals surface area contributed by atoms with Crippen molar-refractivity contribution in [3.8, 4) is 0 Å². The number of hydrogen-bond acceptors (Lipinski definition) is 5. The maximum Gasteiger partial charge on any atom is 0.323 e. The van der Waals surface area contributed by atoms with Crippen LogP contribution >= 0.6 is 11.3 Å². The normalized spacial score (nSPS) is 10.3. The Bertz CT molecular complexity index is 350. The van der Waals surface area contributed by atoms with Crippen LogP contribution in [0.2, 0.25) is 0 Å². The number of aryl methyl sites for hydroxylation is 1. The molecule has 0 radical (unpaired) electrons. The Morgan fingerprint density at radius 1 is 1.41 bits per heavy atom. The third kappa shape index (κ3) is 4.27. The van der Waals surface area contributed by atoms with Crippen molar-refractivity contribution in [2.24, 2.45) is 0 Å². The van der Waals surface area contributed by atoms with E-state index in [1.54, 1.807) is 4.90 Å². The number of anilines is 1. The molecular formula is C10H18N4O2S. The number of urea groups is 1. The molecule has 0 atom stereocenters. The van der Waals surface area contributed by atoms with Crippen LogP contribution in [0.25, 0.3) is 0 Å². The number of aliphatic hydroxyl groups excluding tert-OH is 1.